The van der Waals surface area contributed by atoms with Crippen molar-refractivity contribution < 1.29 is 9.22 Å². The van der Waals surface area contributed by atoms with Gasteiger partial charge in [0.1, 0.15) is 12.0 Å². The molecule has 0 aromatic heterocycles. The minimum absolute atomic E-state index is 0.104. The maximum Gasteiger partial charge on any atom is 0.319 e. The molecule has 0 unspecified atom stereocenters. The van der Waals surface area contributed by atoms with Crippen molar-refractivity contribution in [3.8, 4) is 5.75 Å². The van der Waals surface area contributed by atoms with Crippen LogP contribution in [0.25, 0.3) is 0 Å². The molecule has 3 aromatic rings. The molecular formula is C23H24O2Si. The lowest BCUT2D eigenvalue weighted by molar-refractivity contribution is 0.112. The normalized spacial score (nSPS) is 11.8. The van der Waals surface area contributed by atoms with Crippen LogP contribution in [0.15, 0.2) is 84.9 Å². The summed E-state index contributed by atoms with van der Waals surface area (Å²) in [6.07, 6.45) is 0.859. The Labute approximate surface area is 156 Å². The van der Waals surface area contributed by atoms with Crippen LogP contribution >= 0.6 is 0 Å². The number of benzene rings is 3. The SMILES string of the molecule is CC(C)(C)[Si](Oc1cccc(C=O)c1)(c1ccccc1)c1ccccc1. The lowest BCUT2D eigenvalue weighted by atomic mass is 10.2. The van der Waals surface area contributed by atoms with Gasteiger partial charge in [-0.05, 0) is 27.5 Å². The number of hydrogen-bond donors (Lipinski definition) is 0. The third-order valence-corrected chi connectivity index (χ3v) is 9.63. The molecule has 0 atom stereocenters. The molecular weight excluding hydrogens is 336 g/mol. The largest absolute Gasteiger partial charge is 0.534 e. The molecule has 3 rings (SSSR count). The Morgan fingerprint density at radius 3 is 1.77 bits per heavy atom. The average molecular weight is 361 g/mol. The lowest BCUT2D eigenvalue weighted by Gasteiger charge is -2.43. The molecule has 0 fully saturated rings. The maximum atomic E-state index is 11.2. The molecule has 0 saturated heterocycles. The molecule has 0 radical (unpaired) electrons. The second-order valence-electron chi connectivity index (χ2n) is 7.46. The highest BCUT2D eigenvalue weighted by molar-refractivity contribution is 7.00. The molecule has 0 N–H and O–H groups in total. The molecule has 0 spiro atoms. The summed E-state index contributed by atoms with van der Waals surface area (Å²) < 4.78 is 6.86. The third-order valence-electron chi connectivity index (χ3n) is 4.68. The summed E-state index contributed by atoms with van der Waals surface area (Å²) in [5.41, 5.74) is 0.625. The van der Waals surface area contributed by atoms with Crippen LogP contribution in [0, 0.1) is 0 Å². The van der Waals surface area contributed by atoms with Gasteiger partial charge < -0.3 is 4.43 Å². The van der Waals surface area contributed by atoms with E-state index in [0.717, 1.165) is 12.0 Å². The molecule has 0 aliphatic carbocycles. The van der Waals surface area contributed by atoms with Gasteiger partial charge in [0.05, 0.1) is 0 Å². The van der Waals surface area contributed by atoms with Crippen molar-refractivity contribution in [3.63, 3.8) is 0 Å². The van der Waals surface area contributed by atoms with Gasteiger partial charge in [0.2, 0.25) is 0 Å². The zero-order chi connectivity index (χ0) is 18.6. The van der Waals surface area contributed by atoms with Crippen LogP contribution in [0.4, 0.5) is 0 Å². The van der Waals surface area contributed by atoms with Crippen molar-refractivity contribution in [2.24, 2.45) is 0 Å². The Kier molecular flexibility index (Phi) is 5.10. The van der Waals surface area contributed by atoms with E-state index in [1.54, 1.807) is 6.07 Å². The molecule has 0 aliphatic rings. The smallest absolute Gasteiger partial charge is 0.319 e. The van der Waals surface area contributed by atoms with Gasteiger partial charge >= 0.3 is 8.32 Å². The Bertz CT molecular complexity index is 828. The first-order chi connectivity index (χ1) is 12.5. The van der Waals surface area contributed by atoms with Crippen molar-refractivity contribution in [2.75, 3.05) is 0 Å². The number of carbonyl (C=O) groups excluding carboxylic acids is 1. The predicted octanol–water partition coefficient (Wildman–Crippen LogP) is 4.44. The van der Waals surface area contributed by atoms with Gasteiger partial charge in [-0.15, -0.1) is 0 Å². The Hall–Kier alpha value is -2.65. The van der Waals surface area contributed by atoms with E-state index in [0.29, 0.717) is 5.56 Å². The minimum atomic E-state index is -2.64. The van der Waals surface area contributed by atoms with Crippen LogP contribution in [-0.2, 0) is 0 Å². The monoisotopic (exact) mass is 360 g/mol. The van der Waals surface area contributed by atoms with Gasteiger partial charge in [-0.25, -0.2) is 0 Å². The van der Waals surface area contributed by atoms with E-state index in [2.05, 4.69) is 69.3 Å². The summed E-state index contributed by atoms with van der Waals surface area (Å²) >= 11 is 0. The number of aldehydes is 1. The summed E-state index contributed by atoms with van der Waals surface area (Å²) in [6, 6.07) is 28.4. The summed E-state index contributed by atoms with van der Waals surface area (Å²) in [5, 5.41) is 2.33. The van der Waals surface area contributed by atoms with Crippen molar-refractivity contribution in [3.05, 3.63) is 90.5 Å². The van der Waals surface area contributed by atoms with Crippen molar-refractivity contribution in [1.29, 1.82) is 0 Å². The van der Waals surface area contributed by atoms with Crippen LogP contribution in [0.1, 0.15) is 31.1 Å². The topological polar surface area (TPSA) is 26.3 Å². The fraction of sp³-hybridized carbons (Fsp3) is 0.174. The van der Waals surface area contributed by atoms with E-state index < -0.39 is 8.32 Å². The van der Waals surface area contributed by atoms with E-state index in [1.165, 1.54) is 10.4 Å². The van der Waals surface area contributed by atoms with Crippen LogP contribution in [0.3, 0.4) is 0 Å². The van der Waals surface area contributed by atoms with Crippen LogP contribution in [-0.4, -0.2) is 14.6 Å². The van der Waals surface area contributed by atoms with Crippen molar-refractivity contribution in [2.45, 2.75) is 25.8 Å². The van der Waals surface area contributed by atoms with Gasteiger partial charge in [-0.3, -0.25) is 4.79 Å². The molecule has 0 saturated carbocycles. The van der Waals surface area contributed by atoms with Crippen LogP contribution in [0.5, 0.6) is 5.75 Å². The number of rotatable bonds is 5. The first-order valence-electron chi connectivity index (χ1n) is 8.83. The molecule has 0 amide bonds. The van der Waals surface area contributed by atoms with Crippen LogP contribution < -0.4 is 14.8 Å². The summed E-state index contributed by atoms with van der Waals surface area (Å²) in [4.78, 5) is 11.2. The summed E-state index contributed by atoms with van der Waals surface area (Å²) in [6.45, 7) is 6.72. The van der Waals surface area contributed by atoms with E-state index in [9.17, 15) is 4.79 Å². The van der Waals surface area contributed by atoms with E-state index in [1.807, 2.05) is 30.3 Å². The fourth-order valence-corrected chi connectivity index (χ4v) is 7.89. The van der Waals surface area contributed by atoms with Crippen LogP contribution in [0.2, 0.25) is 5.04 Å². The second kappa shape index (κ2) is 7.30. The summed E-state index contributed by atoms with van der Waals surface area (Å²) in [5.74, 6) is 0.740. The first kappa shape index (κ1) is 18.1. The first-order valence-corrected chi connectivity index (χ1v) is 10.7. The number of hydrogen-bond acceptors (Lipinski definition) is 2. The standard InChI is InChI=1S/C23H24O2Si/c1-23(2,3)26(21-13-6-4-7-14-21,22-15-8-5-9-16-22)25-20-12-10-11-19(17-20)18-24/h4-18H,1-3H3. The molecule has 3 aromatic carbocycles. The highest BCUT2D eigenvalue weighted by atomic mass is 28.4. The highest BCUT2D eigenvalue weighted by Gasteiger charge is 2.52. The van der Waals surface area contributed by atoms with Crippen molar-refractivity contribution in [1.82, 2.24) is 0 Å². The Balaban J connectivity index is 2.25. The zero-order valence-corrected chi connectivity index (χ0v) is 16.5. The van der Waals surface area contributed by atoms with E-state index in [-0.39, 0.29) is 5.04 Å². The molecule has 0 aliphatic heterocycles. The maximum absolute atomic E-state index is 11.2. The Morgan fingerprint density at radius 2 is 1.31 bits per heavy atom. The summed E-state index contributed by atoms with van der Waals surface area (Å²) in [7, 11) is -2.64. The van der Waals surface area contributed by atoms with Gasteiger partial charge in [0, 0.05) is 5.56 Å². The second-order valence-corrected chi connectivity index (χ2v) is 11.7. The molecule has 132 valence electrons. The van der Waals surface area contributed by atoms with Gasteiger partial charge in [-0.1, -0.05) is 93.6 Å². The molecule has 3 heteroatoms. The lowest BCUT2D eigenvalue weighted by Crippen LogP contribution is -2.68. The van der Waals surface area contributed by atoms with E-state index in [4.69, 9.17) is 4.43 Å². The Morgan fingerprint density at radius 1 is 0.769 bits per heavy atom. The van der Waals surface area contributed by atoms with Crippen molar-refractivity contribution >= 4 is 25.0 Å². The van der Waals surface area contributed by atoms with E-state index >= 15 is 0 Å². The highest BCUT2D eigenvalue weighted by Crippen LogP contribution is 2.37. The quantitative estimate of drug-likeness (QED) is 0.497. The van der Waals surface area contributed by atoms with Gasteiger partial charge in [0.25, 0.3) is 0 Å². The molecule has 0 bridgehead atoms. The molecule has 26 heavy (non-hydrogen) atoms. The number of carbonyl (C=O) groups is 1. The average Bonchev–Trinajstić information content (AvgIpc) is 2.66. The predicted molar refractivity (Wildman–Crippen MR) is 110 cm³/mol. The molecule has 0 heterocycles. The molecule has 2 nitrogen and oxygen atoms in total. The zero-order valence-electron chi connectivity index (χ0n) is 15.5. The van der Waals surface area contributed by atoms with Gasteiger partial charge in [0.15, 0.2) is 0 Å². The third kappa shape index (κ3) is 3.35. The fourth-order valence-electron chi connectivity index (χ4n) is 3.48. The minimum Gasteiger partial charge on any atom is -0.534 e. The van der Waals surface area contributed by atoms with Gasteiger partial charge in [-0.2, -0.15) is 0 Å².